The summed E-state index contributed by atoms with van der Waals surface area (Å²) in [6.45, 7) is 1.42. The lowest BCUT2D eigenvalue weighted by Crippen LogP contribution is -2.03. The third-order valence-corrected chi connectivity index (χ3v) is 4.53. The quantitative estimate of drug-likeness (QED) is 0.369. The first kappa shape index (κ1) is 14.1. The van der Waals surface area contributed by atoms with Gasteiger partial charge in [0.2, 0.25) is 0 Å². The average molecular weight is 391 g/mol. The first-order valence-electron chi connectivity index (χ1n) is 6.60. The normalized spacial score (nSPS) is 10.8. The van der Waals surface area contributed by atoms with Gasteiger partial charge in [0.05, 0.1) is 5.69 Å². The van der Waals surface area contributed by atoms with E-state index in [4.69, 9.17) is 4.74 Å². The minimum Gasteiger partial charge on any atom is -0.426 e. The molecule has 0 saturated heterocycles. The molecule has 3 aromatic rings. The molecular formula is C17H14INO2. The van der Waals surface area contributed by atoms with Crippen molar-refractivity contribution in [1.29, 1.82) is 0 Å². The van der Waals surface area contributed by atoms with Crippen molar-refractivity contribution in [3.8, 4) is 17.0 Å². The largest absolute Gasteiger partial charge is 0.426 e. The van der Waals surface area contributed by atoms with E-state index >= 15 is 0 Å². The Balaban J connectivity index is 2.29. The van der Waals surface area contributed by atoms with E-state index in [0.29, 0.717) is 5.75 Å². The lowest BCUT2D eigenvalue weighted by atomic mass is 10.1. The van der Waals surface area contributed by atoms with Gasteiger partial charge in [0.25, 0.3) is 0 Å². The number of ether oxygens (including phenoxy) is 1. The summed E-state index contributed by atoms with van der Waals surface area (Å²) in [5.74, 6) is 0.282. The summed E-state index contributed by atoms with van der Waals surface area (Å²) in [7, 11) is 2.03. The zero-order chi connectivity index (χ0) is 15.0. The maximum Gasteiger partial charge on any atom is 0.308 e. The fourth-order valence-corrected chi connectivity index (χ4v) is 3.66. The van der Waals surface area contributed by atoms with Crippen molar-refractivity contribution in [3.63, 3.8) is 0 Å². The molecule has 3 nitrogen and oxygen atoms in total. The zero-order valence-corrected chi connectivity index (χ0v) is 13.9. The monoisotopic (exact) mass is 391 g/mol. The standard InChI is InChI=1S/C17H14INO2/c1-11(20)21-15-10-6-4-8-13(15)17-16(18)12-7-3-5-9-14(12)19(17)2/h3-10H,1-2H3. The van der Waals surface area contributed by atoms with Gasteiger partial charge < -0.3 is 9.30 Å². The highest BCUT2D eigenvalue weighted by molar-refractivity contribution is 14.1. The van der Waals surface area contributed by atoms with Crippen LogP contribution in [-0.2, 0) is 11.8 Å². The molecule has 21 heavy (non-hydrogen) atoms. The topological polar surface area (TPSA) is 31.2 Å². The summed E-state index contributed by atoms with van der Waals surface area (Å²) >= 11 is 2.35. The fourth-order valence-electron chi connectivity index (χ4n) is 2.55. The van der Waals surface area contributed by atoms with Crippen LogP contribution in [0, 0.1) is 3.57 Å². The molecule has 0 unspecified atom stereocenters. The summed E-state index contributed by atoms with van der Waals surface area (Å²) in [6.07, 6.45) is 0. The van der Waals surface area contributed by atoms with Gasteiger partial charge in [0.15, 0.2) is 0 Å². The van der Waals surface area contributed by atoms with Crippen LogP contribution in [0.2, 0.25) is 0 Å². The van der Waals surface area contributed by atoms with Gasteiger partial charge in [-0.15, -0.1) is 0 Å². The minimum atomic E-state index is -0.309. The van der Waals surface area contributed by atoms with Gasteiger partial charge in [0.1, 0.15) is 5.75 Å². The zero-order valence-electron chi connectivity index (χ0n) is 11.8. The van der Waals surface area contributed by atoms with Crippen molar-refractivity contribution in [3.05, 3.63) is 52.1 Å². The van der Waals surface area contributed by atoms with Crippen molar-refractivity contribution in [1.82, 2.24) is 4.57 Å². The summed E-state index contributed by atoms with van der Waals surface area (Å²) in [5, 5.41) is 1.20. The summed E-state index contributed by atoms with van der Waals surface area (Å²) in [4.78, 5) is 11.3. The molecule has 2 aromatic carbocycles. The molecule has 0 spiro atoms. The minimum absolute atomic E-state index is 0.309. The Hall–Kier alpha value is -1.82. The second kappa shape index (κ2) is 5.52. The van der Waals surface area contributed by atoms with Crippen LogP contribution in [0.1, 0.15) is 6.92 Å². The Morgan fingerprint density at radius 3 is 2.48 bits per heavy atom. The number of fused-ring (bicyclic) bond motifs is 1. The number of carbonyl (C=O) groups excluding carboxylic acids is 1. The van der Waals surface area contributed by atoms with Crippen molar-refractivity contribution in [2.75, 3.05) is 0 Å². The summed E-state index contributed by atoms with van der Waals surface area (Å²) < 4.78 is 8.65. The maximum atomic E-state index is 11.3. The molecule has 1 heterocycles. The maximum absolute atomic E-state index is 11.3. The van der Waals surface area contributed by atoms with Crippen LogP contribution >= 0.6 is 22.6 Å². The number of hydrogen-bond donors (Lipinski definition) is 0. The third kappa shape index (κ3) is 2.44. The Morgan fingerprint density at radius 2 is 1.76 bits per heavy atom. The highest BCUT2D eigenvalue weighted by Gasteiger charge is 2.18. The molecule has 0 atom stereocenters. The Labute approximate surface area is 136 Å². The Morgan fingerprint density at radius 1 is 1.10 bits per heavy atom. The van der Waals surface area contributed by atoms with Crippen LogP contribution in [0.5, 0.6) is 5.75 Å². The molecule has 0 N–H and O–H groups in total. The lowest BCUT2D eigenvalue weighted by molar-refractivity contribution is -0.131. The second-order valence-corrected chi connectivity index (χ2v) is 5.91. The number of nitrogens with zero attached hydrogens (tertiary/aromatic N) is 1. The van der Waals surface area contributed by atoms with Crippen molar-refractivity contribution in [2.24, 2.45) is 7.05 Å². The second-order valence-electron chi connectivity index (χ2n) is 4.83. The number of esters is 1. The molecular weight excluding hydrogens is 377 g/mol. The highest BCUT2D eigenvalue weighted by Crippen LogP contribution is 2.38. The molecule has 1 aromatic heterocycles. The van der Waals surface area contributed by atoms with Gasteiger partial charge in [-0.1, -0.05) is 30.3 Å². The first-order chi connectivity index (χ1) is 10.1. The van der Waals surface area contributed by atoms with Gasteiger partial charge in [-0.3, -0.25) is 4.79 Å². The number of carbonyl (C=O) groups is 1. The van der Waals surface area contributed by atoms with Crippen LogP contribution in [0.15, 0.2) is 48.5 Å². The molecule has 0 bridgehead atoms. The smallest absolute Gasteiger partial charge is 0.308 e. The predicted molar refractivity (Wildman–Crippen MR) is 92.4 cm³/mol. The third-order valence-electron chi connectivity index (χ3n) is 3.44. The van der Waals surface area contributed by atoms with Crippen molar-refractivity contribution < 1.29 is 9.53 Å². The number of halogens is 1. The number of benzene rings is 2. The van der Waals surface area contributed by atoms with Crippen LogP contribution in [0.25, 0.3) is 22.2 Å². The molecule has 106 valence electrons. The van der Waals surface area contributed by atoms with E-state index < -0.39 is 0 Å². The molecule has 0 aliphatic heterocycles. The van der Waals surface area contributed by atoms with E-state index in [1.807, 2.05) is 43.4 Å². The van der Waals surface area contributed by atoms with E-state index in [1.54, 1.807) is 0 Å². The summed E-state index contributed by atoms with van der Waals surface area (Å²) in [6, 6.07) is 15.9. The van der Waals surface area contributed by atoms with Crippen molar-refractivity contribution >= 4 is 39.5 Å². The molecule has 0 aliphatic rings. The number of aryl methyl sites for hydroxylation is 1. The summed E-state index contributed by atoms with van der Waals surface area (Å²) in [5.41, 5.74) is 3.15. The molecule has 0 saturated carbocycles. The number of hydrogen-bond acceptors (Lipinski definition) is 2. The van der Waals surface area contributed by atoms with E-state index in [9.17, 15) is 4.79 Å². The molecule has 3 rings (SSSR count). The van der Waals surface area contributed by atoms with E-state index in [-0.39, 0.29) is 5.97 Å². The number of para-hydroxylation sites is 2. The van der Waals surface area contributed by atoms with E-state index in [1.165, 1.54) is 12.3 Å². The van der Waals surface area contributed by atoms with Crippen LogP contribution in [0.3, 0.4) is 0 Å². The SMILES string of the molecule is CC(=O)Oc1ccccc1-c1c(I)c2ccccc2n1C. The van der Waals surface area contributed by atoms with Crippen LogP contribution in [0.4, 0.5) is 0 Å². The van der Waals surface area contributed by atoms with Crippen LogP contribution < -0.4 is 4.74 Å². The molecule has 0 radical (unpaired) electrons. The molecule has 0 amide bonds. The molecule has 0 fully saturated rings. The fraction of sp³-hybridized carbons (Fsp3) is 0.118. The number of rotatable bonds is 2. The van der Waals surface area contributed by atoms with Crippen molar-refractivity contribution in [2.45, 2.75) is 6.92 Å². The predicted octanol–water partition coefficient (Wildman–Crippen LogP) is 4.38. The Kier molecular flexibility index (Phi) is 3.71. The lowest BCUT2D eigenvalue weighted by Gasteiger charge is -2.11. The van der Waals surface area contributed by atoms with Gasteiger partial charge in [-0.05, 0) is 40.8 Å². The Bertz CT molecular complexity index is 797. The van der Waals surface area contributed by atoms with Gasteiger partial charge in [-0.2, -0.15) is 0 Å². The molecule has 0 aliphatic carbocycles. The van der Waals surface area contributed by atoms with Gasteiger partial charge in [0, 0.05) is 34.0 Å². The van der Waals surface area contributed by atoms with E-state index in [0.717, 1.165) is 20.3 Å². The van der Waals surface area contributed by atoms with Gasteiger partial charge >= 0.3 is 5.97 Å². The van der Waals surface area contributed by atoms with Crippen LogP contribution in [-0.4, -0.2) is 10.5 Å². The van der Waals surface area contributed by atoms with Gasteiger partial charge in [-0.25, -0.2) is 0 Å². The molecule has 4 heteroatoms. The number of aromatic nitrogens is 1. The first-order valence-corrected chi connectivity index (χ1v) is 7.68. The highest BCUT2D eigenvalue weighted by atomic mass is 127. The average Bonchev–Trinajstić information content (AvgIpc) is 2.72. The van der Waals surface area contributed by atoms with E-state index in [2.05, 4.69) is 39.3 Å².